The number of carboxylic acid groups (broad SMARTS) is 1. The smallest absolute Gasteiger partial charge is 0.430 e. The molecule has 3 rings (SSSR count). The molecule has 0 aliphatic heterocycles. The number of hydrogen-bond donors (Lipinski definition) is 4. The summed E-state index contributed by atoms with van der Waals surface area (Å²) >= 11 is 6.00. The van der Waals surface area contributed by atoms with E-state index < -0.39 is 30.2 Å². The van der Waals surface area contributed by atoms with Crippen LogP contribution in [0.5, 0.6) is 5.75 Å². The molecule has 3 amide bonds. The fourth-order valence-corrected chi connectivity index (χ4v) is 4.51. The lowest BCUT2D eigenvalue weighted by atomic mass is 10.0. The third kappa shape index (κ3) is 15.8. The molecule has 0 bridgehead atoms. The lowest BCUT2D eigenvalue weighted by molar-refractivity contribution is -0.903. The van der Waals surface area contributed by atoms with E-state index in [9.17, 15) is 32.7 Å². The molecule has 4 N–H and O–H groups in total. The summed E-state index contributed by atoms with van der Waals surface area (Å²) in [5.74, 6) is -3.65. The number of carboxylic acids is 1. The molecule has 0 aliphatic carbocycles. The lowest BCUT2D eigenvalue weighted by Crippen LogP contribution is -2.50. The van der Waals surface area contributed by atoms with Crippen LogP contribution in [0.4, 0.5) is 23.7 Å². The van der Waals surface area contributed by atoms with Crippen LogP contribution >= 0.6 is 11.6 Å². The highest BCUT2D eigenvalue weighted by Gasteiger charge is 2.29. The average Bonchev–Trinajstić information content (AvgIpc) is 3.01. The predicted octanol–water partition coefficient (Wildman–Crippen LogP) is 4.43. The number of quaternary nitrogens is 1. The summed E-state index contributed by atoms with van der Waals surface area (Å²) in [6.07, 6.45) is -4.45. The van der Waals surface area contributed by atoms with Gasteiger partial charge in [-0.15, -0.1) is 0 Å². The van der Waals surface area contributed by atoms with Gasteiger partial charge in [-0.1, -0.05) is 35.9 Å². The zero-order chi connectivity index (χ0) is 36.8. The third-order valence-corrected chi connectivity index (χ3v) is 6.97. The summed E-state index contributed by atoms with van der Waals surface area (Å²) in [6, 6.07) is 19.2. The van der Waals surface area contributed by atoms with Crippen LogP contribution in [-0.4, -0.2) is 79.0 Å². The van der Waals surface area contributed by atoms with E-state index in [0.717, 1.165) is 29.6 Å². The standard InChI is InChI=1S/C32H39ClN4O5.C2HF3O2/c1-22(2)42-31(40)25-10-14-27(15-11-25)35-32(41)36-29(20-23-8-16-28(38)17-9-23)30(39)34-18-5-19-37(3,4)21-24-6-12-26(33)13-7-24;3-2(4,5)1(6)7/h6-17,22,29H,5,18-21H2,1-4H3,(H3-,34,35,36,38,39,40,41);(H,6,7)/t29-;/m0./s1. The Hall–Kier alpha value is -4.82. The van der Waals surface area contributed by atoms with Crippen molar-refractivity contribution in [2.24, 2.45) is 0 Å². The molecule has 1 atom stereocenters. The Bertz CT molecular complexity index is 1530. The van der Waals surface area contributed by atoms with Crippen molar-refractivity contribution < 1.29 is 51.8 Å². The van der Waals surface area contributed by atoms with Crippen molar-refractivity contribution >= 4 is 41.2 Å². The van der Waals surface area contributed by atoms with Crippen molar-refractivity contribution in [3.05, 3.63) is 94.5 Å². The Morgan fingerprint density at radius 3 is 2.00 bits per heavy atom. The van der Waals surface area contributed by atoms with E-state index in [-0.39, 0.29) is 24.2 Å². The highest BCUT2D eigenvalue weighted by molar-refractivity contribution is 6.30. The number of rotatable bonds is 13. The number of esters is 1. The molecule has 0 aromatic heterocycles. The van der Waals surface area contributed by atoms with Gasteiger partial charge >= 0.3 is 18.2 Å². The molecule has 0 saturated carbocycles. The van der Waals surface area contributed by atoms with Crippen LogP contribution in [0.15, 0.2) is 72.8 Å². The molecule has 0 radical (unpaired) electrons. The minimum atomic E-state index is -5.19. The highest BCUT2D eigenvalue weighted by atomic mass is 35.5. The molecule has 0 fully saturated rings. The van der Waals surface area contributed by atoms with Crippen LogP contribution in [0.1, 0.15) is 41.8 Å². The monoisotopic (exact) mass is 708 g/mol. The molecule has 11 nitrogen and oxygen atoms in total. The summed E-state index contributed by atoms with van der Waals surface area (Å²) in [5, 5.41) is 27.5. The Morgan fingerprint density at radius 2 is 1.47 bits per heavy atom. The Kier molecular flexibility index (Phi) is 15.4. The molecule has 0 saturated heterocycles. The second-order valence-corrected chi connectivity index (χ2v) is 12.4. The molecule has 0 aliphatic rings. The lowest BCUT2D eigenvalue weighted by Gasteiger charge is -2.30. The van der Waals surface area contributed by atoms with E-state index in [1.54, 1.807) is 50.2 Å². The maximum Gasteiger partial charge on any atom is 0.430 e. The van der Waals surface area contributed by atoms with E-state index in [0.29, 0.717) is 22.8 Å². The van der Waals surface area contributed by atoms with E-state index in [1.807, 2.05) is 24.3 Å². The van der Waals surface area contributed by atoms with Gasteiger partial charge in [0.15, 0.2) is 0 Å². The second kappa shape index (κ2) is 18.7. The van der Waals surface area contributed by atoms with Crippen LogP contribution in [0.2, 0.25) is 5.02 Å². The van der Waals surface area contributed by atoms with Gasteiger partial charge in [0.25, 0.3) is 0 Å². The first-order chi connectivity index (χ1) is 22.8. The van der Waals surface area contributed by atoms with Crippen molar-refractivity contribution in [3.8, 4) is 5.75 Å². The summed E-state index contributed by atoms with van der Waals surface area (Å²) in [6.45, 7) is 5.65. The number of phenols is 1. The number of aliphatic carboxylic acids is 1. The molecule has 3 aromatic carbocycles. The maximum atomic E-state index is 13.2. The van der Waals surface area contributed by atoms with Crippen molar-refractivity contribution in [1.29, 1.82) is 0 Å². The molecular weight excluding hydrogens is 669 g/mol. The quantitative estimate of drug-likeness (QED) is 0.116. The van der Waals surface area contributed by atoms with Crippen LogP contribution in [0, 0.1) is 0 Å². The fourth-order valence-electron chi connectivity index (χ4n) is 4.38. The number of nitrogens with one attached hydrogen (secondary N) is 3. The number of phenolic OH excluding ortho intramolecular Hbond substituents is 1. The summed E-state index contributed by atoms with van der Waals surface area (Å²) in [5.41, 5.74) is 2.79. The van der Waals surface area contributed by atoms with Crippen LogP contribution in [-0.2, 0) is 27.3 Å². The number of carbonyl (C=O) groups excluding carboxylic acids is 4. The van der Waals surface area contributed by atoms with Gasteiger partial charge in [-0.2, -0.15) is 13.2 Å². The molecule has 3 aromatic rings. The van der Waals surface area contributed by atoms with Gasteiger partial charge in [0.1, 0.15) is 24.3 Å². The minimum Gasteiger partial charge on any atom is -0.542 e. The van der Waals surface area contributed by atoms with Gasteiger partial charge in [-0.25, -0.2) is 9.59 Å². The predicted molar refractivity (Wildman–Crippen MR) is 176 cm³/mol. The maximum absolute atomic E-state index is 13.2. The third-order valence-electron chi connectivity index (χ3n) is 6.71. The number of hydrogen-bond acceptors (Lipinski definition) is 7. The number of urea groups is 1. The normalized spacial score (nSPS) is 11.9. The van der Waals surface area contributed by atoms with Crippen LogP contribution < -0.4 is 21.1 Å². The van der Waals surface area contributed by atoms with E-state index in [1.165, 1.54) is 17.7 Å². The Labute approximate surface area is 287 Å². The highest BCUT2D eigenvalue weighted by Crippen LogP contribution is 2.16. The van der Waals surface area contributed by atoms with Crippen molar-refractivity contribution in [2.75, 3.05) is 32.5 Å². The van der Waals surface area contributed by atoms with E-state index in [2.05, 4.69) is 30.0 Å². The number of benzene rings is 3. The average molecular weight is 709 g/mol. The van der Waals surface area contributed by atoms with Crippen molar-refractivity contribution in [2.45, 2.75) is 51.6 Å². The zero-order valence-corrected chi connectivity index (χ0v) is 28.2. The van der Waals surface area contributed by atoms with E-state index in [4.69, 9.17) is 26.2 Å². The van der Waals surface area contributed by atoms with Crippen LogP contribution in [0.25, 0.3) is 0 Å². The van der Waals surface area contributed by atoms with Crippen molar-refractivity contribution in [1.82, 2.24) is 10.6 Å². The van der Waals surface area contributed by atoms with Gasteiger partial charge in [-0.05, 0) is 67.9 Å². The Morgan fingerprint density at radius 1 is 0.918 bits per heavy atom. The minimum absolute atomic E-state index is 0.116. The van der Waals surface area contributed by atoms with Gasteiger partial charge in [-0.3, -0.25) is 4.79 Å². The number of aromatic hydroxyl groups is 1. The first kappa shape index (κ1) is 40.4. The largest absolute Gasteiger partial charge is 0.542 e. The fraction of sp³-hybridized carbons (Fsp3) is 0.353. The first-order valence-corrected chi connectivity index (χ1v) is 15.5. The molecular formula is C34H40ClF3N4O7. The zero-order valence-electron chi connectivity index (χ0n) is 27.5. The summed E-state index contributed by atoms with van der Waals surface area (Å²) in [7, 11) is 4.27. The molecule has 0 unspecified atom stereocenters. The van der Waals surface area contributed by atoms with Crippen LogP contribution in [0.3, 0.4) is 0 Å². The van der Waals surface area contributed by atoms with Gasteiger partial charge < -0.3 is 40.2 Å². The van der Waals surface area contributed by atoms with Gasteiger partial charge in [0.2, 0.25) is 5.91 Å². The van der Waals surface area contributed by atoms with Gasteiger partial charge in [0, 0.05) is 35.7 Å². The molecule has 0 spiro atoms. The van der Waals surface area contributed by atoms with E-state index >= 15 is 0 Å². The SMILES string of the molecule is CC(C)OC(=O)c1ccc(NC(=O)N[C@@H](Cc2ccc(O)cc2)C(=O)NCCC[N+](C)(C)Cc2ccc(Cl)cc2)cc1.O=C([O-])C(F)(F)F. The number of nitrogens with zero attached hydrogens (tertiary/aromatic N) is 1. The second-order valence-electron chi connectivity index (χ2n) is 11.9. The van der Waals surface area contributed by atoms with Gasteiger partial charge in [0.05, 0.1) is 32.3 Å². The number of amides is 3. The Balaban J connectivity index is 0.00000107. The van der Waals surface area contributed by atoms with Crippen molar-refractivity contribution in [3.63, 3.8) is 0 Å². The molecule has 15 heteroatoms. The molecule has 266 valence electrons. The first-order valence-electron chi connectivity index (χ1n) is 15.1. The number of ether oxygens (including phenoxy) is 1. The number of alkyl halides is 3. The topological polar surface area (TPSA) is 157 Å². The number of anilines is 1. The number of halogens is 4. The summed E-state index contributed by atoms with van der Waals surface area (Å²) in [4.78, 5) is 46.9. The molecule has 49 heavy (non-hydrogen) atoms. The number of carbonyl (C=O) groups is 4. The summed E-state index contributed by atoms with van der Waals surface area (Å²) < 4.78 is 37.5. The molecule has 0 heterocycles.